The molecule has 2 rings (SSSR count). The molecule has 0 aromatic carbocycles. The van der Waals surface area contributed by atoms with E-state index in [9.17, 15) is 9.59 Å². The van der Waals surface area contributed by atoms with Crippen molar-refractivity contribution < 1.29 is 18.8 Å². The van der Waals surface area contributed by atoms with E-state index in [4.69, 9.17) is 9.26 Å². The van der Waals surface area contributed by atoms with Crippen molar-refractivity contribution in [3.05, 3.63) is 11.7 Å². The van der Waals surface area contributed by atoms with Gasteiger partial charge in [-0.3, -0.25) is 4.79 Å². The molecule has 2 heterocycles. The third-order valence-corrected chi connectivity index (χ3v) is 4.93. The molecule has 1 aliphatic rings. The van der Waals surface area contributed by atoms with Crippen molar-refractivity contribution in [1.29, 1.82) is 0 Å². The number of aromatic nitrogens is 2. The molecule has 0 bridgehead atoms. The standard InChI is InChI=1S/C21H36N4O4/c1-15(2)25(20(27)28-21(4,5)6)14-17-9-8-12-24(13-17)19(26)11-7-10-18-22-16(3)23-29-18/h15,17H,7-14H2,1-6H3. The molecule has 1 aromatic rings. The van der Waals surface area contributed by atoms with Gasteiger partial charge < -0.3 is 19.1 Å². The molecule has 2 amide bonds. The lowest BCUT2D eigenvalue weighted by Crippen LogP contribution is -2.48. The summed E-state index contributed by atoms with van der Waals surface area (Å²) in [5.74, 6) is 1.61. The summed E-state index contributed by atoms with van der Waals surface area (Å²) < 4.78 is 10.7. The van der Waals surface area contributed by atoms with E-state index in [0.717, 1.165) is 19.4 Å². The van der Waals surface area contributed by atoms with Crippen LogP contribution in [0.2, 0.25) is 0 Å². The monoisotopic (exact) mass is 408 g/mol. The molecule has 164 valence electrons. The fraction of sp³-hybridized carbons (Fsp3) is 0.810. The quantitative estimate of drug-likeness (QED) is 0.685. The van der Waals surface area contributed by atoms with Gasteiger partial charge in [0.15, 0.2) is 5.82 Å². The van der Waals surface area contributed by atoms with Crippen LogP contribution in [-0.4, -0.2) is 63.2 Å². The van der Waals surface area contributed by atoms with Crippen LogP contribution in [0.5, 0.6) is 0 Å². The number of hydrogen-bond donors (Lipinski definition) is 0. The second-order valence-corrected chi connectivity index (χ2v) is 9.16. The van der Waals surface area contributed by atoms with Gasteiger partial charge in [0.1, 0.15) is 5.60 Å². The van der Waals surface area contributed by atoms with Gasteiger partial charge in [-0.05, 0) is 66.7 Å². The number of ether oxygens (including phenoxy) is 1. The number of carbonyl (C=O) groups excluding carboxylic acids is 2. The molecule has 8 nitrogen and oxygen atoms in total. The first-order chi connectivity index (χ1) is 13.5. The molecule has 29 heavy (non-hydrogen) atoms. The molecule has 0 spiro atoms. The Kier molecular flexibility index (Phi) is 8.05. The summed E-state index contributed by atoms with van der Waals surface area (Å²) >= 11 is 0. The third kappa shape index (κ3) is 7.66. The molecule has 1 atom stereocenters. The zero-order valence-electron chi connectivity index (χ0n) is 18.7. The topological polar surface area (TPSA) is 88.8 Å². The fourth-order valence-corrected chi connectivity index (χ4v) is 3.53. The zero-order chi connectivity index (χ0) is 21.6. The highest BCUT2D eigenvalue weighted by atomic mass is 16.6. The van der Waals surface area contributed by atoms with Gasteiger partial charge in [0.2, 0.25) is 11.8 Å². The number of rotatable bonds is 7. The van der Waals surface area contributed by atoms with E-state index >= 15 is 0 Å². The number of piperidine rings is 1. The third-order valence-electron chi connectivity index (χ3n) is 4.93. The highest BCUT2D eigenvalue weighted by Gasteiger charge is 2.30. The minimum atomic E-state index is -0.518. The van der Waals surface area contributed by atoms with Crippen LogP contribution in [-0.2, 0) is 16.0 Å². The van der Waals surface area contributed by atoms with Crippen LogP contribution in [0.15, 0.2) is 4.52 Å². The number of aryl methyl sites for hydroxylation is 2. The molecular formula is C21H36N4O4. The Hall–Kier alpha value is -2.12. The molecule has 8 heteroatoms. The van der Waals surface area contributed by atoms with Crippen molar-refractivity contribution in [1.82, 2.24) is 19.9 Å². The summed E-state index contributed by atoms with van der Waals surface area (Å²) in [7, 11) is 0. The minimum absolute atomic E-state index is 0.0498. The second-order valence-electron chi connectivity index (χ2n) is 9.16. The Morgan fingerprint density at radius 1 is 1.34 bits per heavy atom. The first kappa shape index (κ1) is 23.2. The van der Waals surface area contributed by atoms with Crippen LogP contribution in [0.25, 0.3) is 0 Å². The number of hydrogen-bond acceptors (Lipinski definition) is 6. The summed E-state index contributed by atoms with van der Waals surface area (Å²) in [5, 5.41) is 3.77. The zero-order valence-corrected chi connectivity index (χ0v) is 18.7. The minimum Gasteiger partial charge on any atom is -0.444 e. The summed E-state index contributed by atoms with van der Waals surface area (Å²) in [5.41, 5.74) is -0.518. The number of nitrogens with zero attached hydrogens (tertiary/aromatic N) is 4. The van der Waals surface area contributed by atoms with Crippen molar-refractivity contribution in [2.45, 2.75) is 85.3 Å². The number of carbonyl (C=O) groups is 2. The van der Waals surface area contributed by atoms with Crippen molar-refractivity contribution in [3.63, 3.8) is 0 Å². The maximum absolute atomic E-state index is 12.6. The lowest BCUT2D eigenvalue weighted by Gasteiger charge is -2.37. The second kappa shape index (κ2) is 10.1. The largest absolute Gasteiger partial charge is 0.444 e. The van der Waals surface area contributed by atoms with E-state index in [2.05, 4.69) is 10.1 Å². The Bertz CT molecular complexity index is 680. The lowest BCUT2D eigenvalue weighted by molar-refractivity contribution is -0.133. The molecule has 0 saturated carbocycles. The molecule has 1 aliphatic heterocycles. The molecule has 1 unspecified atom stereocenters. The maximum Gasteiger partial charge on any atom is 0.410 e. The Balaban J connectivity index is 1.84. The van der Waals surface area contributed by atoms with Crippen LogP contribution in [0.1, 0.15) is 72.0 Å². The van der Waals surface area contributed by atoms with Crippen LogP contribution < -0.4 is 0 Å². The van der Waals surface area contributed by atoms with Gasteiger partial charge in [-0.1, -0.05) is 5.16 Å². The van der Waals surface area contributed by atoms with E-state index in [0.29, 0.717) is 44.1 Å². The highest BCUT2D eigenvalue weighted by molar-refractivity contribution is 5.76. The fourth-order valence-electron chi connectivity index (χ4n) is 3.53. The smallest absolute Gasteiger partial charge is 0.410 e. The first-order valence-corrected chi connectivity index (χ1v) is 10.6. The summed E-state index contributed by atoms with van der Waals surface area (Å²) in [6.07, 6.45) is 3.46. The molecule has 0 radical (unpaired) electrons. The molecule has 0 N–H and O–H groups in total. The maximum atomic E-state index is 12.6. The predicted molar refractivity (Wildman–Crippen MR) is 109 cm³/mol. The molecule has 1 saturated heterocycles. The predicted octanol–water partition coefficient (Wildman–Crippen LogP) is 3.58. The van der Waals surface area contributed by atoms with Gasteiger partial charge in [0, 0.05) is 38.5 Å². The first-order valence-electron chi connectivity index (χ1n) is 10.6. The SMILES string of the molecule is Cc1noc(CCCC(=O)N2CCCC(CN(C(=O)OC(C)(C)C)C(C)C)C2)n1. The van der Waals surface area contributed by atoms with Gasteiger partial charge >= 0.3 is 6.09 Å². The molecule has 0 aliphatic carbocycles. The summed E-state index contributed by atoms with van der Waals surface area (Å²) in [6.45, 7) is 13.5. The van der Waals surface area contributed by atoms with E-state index in [1.54, 1.807) is 11.8 Å². The van der Waals surface area contributed by atoms with Gasteiger partial charge in [-0.15, -0.1) is 0 Å². The Labute approximate surface area is 174 Å². The number of amides is 2. The van der Waals surface area contributed by atoms with Crippen LogP contribution in [0.3, 0.4) is 0 Å². The van der Waals surface area contributed by atoms with E-state index < -0.39 is 5.60 Å². The summed E-state index contributed by atoms with van der Waals surface area (Å²) in [6, 6.07) is 0.0498. The van der Waals surface area contributed by atoms with Crippen molar-refractivity contribution >= 4 is 12.0 Å². The summed E-state index contributed by atoms with van der Waals surface area (Å²) in [4.78, 5) is 33.1. The number of likely N-dealkylation sites (tertiary alicyclic amines) is 1. The molecule has 1 aromatic heterocycles. The van der Waals surface area contributed by atoms with Crippen LogP contribution in [0.4, 0.5) is 4.79 Å². The van der Waals surface area contributed by atoms with Gasteiger partial charge in [0.25, 0.3) is 0 Å². The van der Waals surface area contributed by atoms with Crippen LogP contribution >= 0.6 is 0 Å². The molecular weight excluding hydrogens is 372 g/mol. The average Bonchev–Trinajstić information content (AvgIpc) is 3.03. The van der Waals surface area contributed by atoms with Gasteiger partial charge in [0.05, 0.1) is 0 Å². The Morgan fingerprint density at radius 2 is 2.07 bits per heavy atom. The molecule has 1 fully saturated rings. The lowest BCUT2D eigenvalue weighted by atomic mass is 9.96. The Morgan fingerprint density at radius 3 is 2.66 bits per heavy atom. The van der Waals surface area contributed by atoms with E-state index in [-0.39, 0.29) is 24.0 Å². The van der Waals surface area contributed by atoms with Crippen molar-refractivity contribution in [2.75, 3.05) is 19.6 Å². The van der Waals surface area contributed by atoms with Crippen molar-refractivity contribution in [2.24, 2.45) is 5.92 Å². The normalized spacial score (nSPS) is 17.5. The van der Waals surface area contributed by atoms with Crippen LogP contribution in [0, 0.1) is 12.8 Å². The van der Waals surface area contributed by atoms with E-state index in [1.165, 1.54) is 0 Å². The average molecular weight is 409 g/mol. The van der Waals surface area contributed by atoms with E-state index in [1.807, 2.05) is 39.5 Å². The van der Waals surface area contributed by atoms with Gasteiger partial charge in [-0.2, -0.15) is 4.98 Å². The highest BCUT2D eigenvalue weighted by Crippen LogP contribution is 2.21. The van der Waals surface area contributed by atoms with Gasteiger partial charge in [-0.25, -0.2) is 4.79 Å². The van der Waals surface area contributed by atoms with Crippen molar-refractivity contribution in [3.8, 4) is 0 Å².